The molecule has 0 saturated heterocycles. The van der Waals surface area contributed by atoms with Crippen molar-refractivity contribution in [3.63, 3.8) is 0 Å². The second-order valence-corrected chi connectivity index (χ2v) is 6.78. The molecule has 7 nitrogen and oxygen atoms in total. The number of nitrogens with one attached hydrogen (secondary N) is 2. The lowest BCUT2D eigenvalue weighted by molar-refractivity contribution is 0.0920. The topological polar surface area (TPSA) is 92.8 Å². The van der Waals surface area contributed by atoms with Crippen LogP contribution in [-0.2, 0) is 0 Å². The van der Waals surface area contributed by atoms with Crippen LogP contribution in [0.5, 0.6) is 5.75 Å². The molecule has 2 aromatic heterocycles. The van der Waals surface area contributed by atoms with Crippen LogP contribution in [-0.4, -0.2) is 33.6 Å². The molecule has 118 valence electrons. The molecule has 2 N–H and O–H groups in total. The summed E-state index contributed by atoms with van der Waals surface area (Å²) >= 11 is 1.43. The van der Waals surface area contributed by atoms with Crippen LogP contribution < -0.4 is 10.1 Å². The molecule has 1 aliphatic rings. The summed E-state index contributed by atoms with van der Waals surface area (Å²) < 4.78 is 5.28. The zero-order valence-corrected chi connectivity index (χ0v) is 13.4. The molecule has 2 aromatic rings. The van der Waals surface area contributed by atoms with Gasteiger partial charge in [-0.15, -0.1) is 21.5 Å². The maximum atomic E-state index is 12.6. The van der Waals surface area contributed by atoms with Crippen molar-refractivity contribution in [1.82, 2.24) is 25.9 Å². The molecule has 0 aliphatic heterocycles. The molecule has 3 rings (SSSR count). The monoisotopic (exact) mass is 321 g/mol. The Morgan fingerprint density at radius 3 is 2.91 bits per heavy atom. The molecule has 8 heteroatoms. The van der Waals surface area contributed by atoms with Gasteiger partial charge in [0.2, 0.25) is 0 Å². The van der Waals surface area contributed by atoms with E-state index in [0.717, 1.165) is 17.7 Å². The van der Waals surface area contributed by atoms with E-state index in [1.807, 2.05) is 13.0 Å². The maximum absolute atomic E-state index is 12.6. The van der Waals surface area contributed by atoms with Crippen LogP contribution in [0.15, 0.2) is 6.07 Å². The smallest absolute Gasteiger partial charge is 0.265 e. The minimum atomic E-state index is -0.208. The quantitative estimate of drug-likeness (QED) is 0.881. The summed E-state index contributed by atoms with van der Waals surface area (Å²) in [4.78, 5) is 14.3. The van der Waals surface area contributed by atoms with E-state index in [1.54, 1.807) is 7.11 Å². The Morgan fingerprint density at radius 1 is 1.50 bits per heavy atom. The minimum Gasteiger partial charge on any atom is -0.495 e. The average Bonchev–Trinajstić information content (AvgIpc) is 3.25. The van der Waals surface area contributed by atoms with Crippen LogP contribution in [0, 0.1) is 12.8 Å². The highest BCUT2D eigenvalue weighted by atomic mass is 32.1. The van der Waals surface area contributed by atoms with E-state index < -0.39 is 0 Å². The summed E-state index contributed by atoms with van der Waals surface area (Å²) in [5.74, 6) is 1.37. The Labute approximate surface area is 132 Å². The largest absolute Gasteiger partial charge is 0.495 e. The highest BCUT2D eigenvalue weighted by molar-refractivity contribution is 7.14. The molecule has 0 spiro atoms. The van der Waals surface area contributed by atoms with E-state index in [1.165, 1.54) is 24.2 Å². The van der Waals surface area contributed by atoms with Crippen LogP contribution >= 0.6 is 11.3 Å². The number of hydrogen-bond acceptors (Lipinski definition) is 6. The third-order valence-electron chi connectivity index (χ3n) is 4.05. The second kappa shape index (κ2) is 6.43. The van der Waals surface area contributed by atoms with Crippen LogP contribution in [0.1, 0.15) is 52.1 Å². The van der Waals surface area contributed by atoms with Gasteiger partial charge in [0.15, 0.2) is 5.82 Å². The van der Waals surface area contributed by atoms with Gasteiger partial charge < -0.3 is 10.1 Å². The van der Waals surface area contributed by atoms with Gasteiger partial charge in [0.25, 0.3) is 5.91 Å². The fourth-order valence-electron chi connectivity index (χ4n) is 2.99. The third kappa shape index (κ3) is 2.96. The Morgan fingerprint density at radius 2 is 2.27 bits per heavy atom. The number of nitrogens with zero attached hydrogens (tertiary/aromatic N) is 3. The second-order valence-electron chi connectivity index (χ2n) is 5.52. The number of tetrazole rings is 1. The highest BCUT2D eigenvalue weighted by Crippen LogP contribution is 2.35. The number of methoxy groups -OCH3 is 1. The number of aryl methyl sites for hydroxylation is 1. The van der Waals surface area contributed by atoms with E-state index in [0.29, 0.717) is 22.4 Å². The summed E-state index contributed by atoms with van der Waals surface area (Å²) in [6.07, 6.45) is 4.49. The van der Waals surface area contributed by atoms with Gasteiger partial charge >= 0.3 is 0 Å². The number of hydrogen-bond donors (Lipinski definition) is 2. The Bertz CT molecular complexity index is 634. The predicted octanol–water partition coefficient (Wildman–Crippen LogP) is 2.24. The summed E-state index contributed by atoms with van der Waals surface area (Å²) in [7, 11) is 1.58. The van der Waals surface area contributed by atoms with Crippen molar-refractivity contribution in [3.05, 3.63) is 21.6 Å². The van der Waals surface area contributed by atoms with Gasteiger partial charge in [-0.2, -0.15) is 5.21 Å². The summed E-state index contributed by atoms with van der Waals surface area (Å²) in [6, 6.07) is 1.67. The number of carbonyl (C=O) groups excluding carboxylic acids is 1. The van der Waals surface area contributed by atoms with E-state index in [2.05, 4.69) is 25.9 Å². The third-order valence-corrected chi connectivity index (χ3v) is 5.08. The fraction of sp³-hybridized carbons (Fsp3) is 0.571. The molecule has 1 atom stereocenters. The molecule has 1 amide bonds. The van der Waals surface area contributed by atoms with E-state index >= 15 is 0 Å². The molecule has 1 fully saturated rings. The first kappa shape index (κ1) is 15.0. The van der Waals surface area contributed by atoms with Crippen molar-refractivity contribution in [3.8, 4) is 5.75 Å². The SMILES string of the molecule is COc1cc(C)sc1C(=O)NC(c1nn[nH]n1)C1CCCC1. The number of H-pyrrole nitrogens is 1. The van der Waals surface area contributed by atoms with Gasteiger partial charge in [-0.25, -0.2) is 0 Å². The first-order valence-corrected chi connectivity index (χ1v) is 8.19. The van der Waals surface area contributed by atoms with E-state index in [9.17, 15) is 4.79 Å². The predicted molar refractivity (Wildman–Crippen MR) is 82.0 cm³/mol. The number of rotatable bonds is 5. The summed E-state index contributed by atoms with van der Waals surface area (Å²) in [5.41, 5.74) is 0. The lowest BCUT2D eigenvalue weighted by Gasteiger charge is -2.21. The molecule has 0 radical (unpaired) electrons. The first-order valence-electron chi connectivity index (χ1n) is 7.37. The fourth-order valence-corrected chi connectivity index (χ4v) is 3.88. The van der Waals surface area contributed by atoms with Gasteiger partial charge in [-0.05, 0) is 31.7 Å². The van der Waals surface area contributed by atoms with Crippen LogP contribution in [0.2, 0.25) is 0 Å². The van der Waals surface area contributed by atoms with E-state index in [-0.39, 0.29) is 11.9 Å². The lowest BCUT2D eigenvalue weighted by atomic mass is 9.97. The molecule has 22 heavy (non-hydrogen) atoms. The van der Waals surface area contributed by atoms with Gasteiger partial charge in [0.1, 0.15) is 10.6 Å². The number of carbonyl (C=O) groups is 1. The molecule has 1 unspecified atom stereocenters. The zero-order valence-electron chi connectivity index (χ0n) is 12.6. The van der Waals surface area contributed by atoms with Gasteiger partial charge in [0.05, 0.1) is 13.2 Å². The molecule has 0 aromatic carbocycles. The number of amides is 1. The normalized spacial score (nSPS) is 16.6. The van der Waals surface area contributed by atoms with Crippen molar-refractivity contribution in [2.75, 3.05) is 7.11 Å². The minimum absolute atomic E-state index is 0.142. The molecule has 1 saturated carbocycles. The summed E-state index contributed by atoms with van der Waals surface area (Å²) in [6.45, 7) is 1.96. The van der Waals surface area contributed by atoms with Crippen molar-refractivity contribution >= 4 is 17.2 Å². The van der Waals surface area contributed by atoms with Crippen molar-refractivity contribution < 1.29 is 9.53 Å². The van der Waals surface area contributed by atoms with Crippen molar-refractivity contribution in [1.29, 1.82) is 0 Å². The standard InChI is InChI=1S/C14H19N5O2S/c1-8-7-10(21-2)12(22-8)14(20)15-11(9-5-3-4-6-9)13-16-18-19-17-13/h7,9,11H,3-6H2,1-2H3,(H,15,20)(H,16,17,18,19). The number of ether oxygens (including phenoxy) is 1. The zero-order chi connectivity index (χ0) is 15.5. The highest BCUT2D eigenvalue weighted by Gasteiger charge is 2.31. The van der Waals surface area contributed by atoms with E-state index in [4.69, 9.17) is 4.74 Å². The van der Waals surface area contributed by atoms with Gasteiger partial charge in [0, 0.05) is 4.88 Å². The Hall–Kier alpha value is -1.96. The molecular weight excluding hydrogens is 302 g/mol. The Kier molecular flexibility index (Phi) is 4.37. The average molecular weight is 321 g/mol. The molecule has 1 aliphatic carbocycles. The maximum Gasteiger partial charge on any atom is 0.265 e. The van der Waals surface area contributed by atoms with Crippen molar-refractivity contribution in [2.24, 2.45) is 5.92 Å². The van der Waals surface area contributed by atoms with Crippen LogP contribution in [0.25, 0.3) is 0 Å². The number of thiophene rings is 1. The van der Waals surface area contributed by atoms with Crippen LogP contribution in [0.4, 0.5) is 0 Å². The first-order chi connectivity index (χ1) is 10.7. The summed E-state index contributed by atoms with van der Waals surface area (Å²) in [5, 5.41) is 17.3. The number of aromatic amines is 1. The van der Waals surface area contributed by atoms with Crippen LogP contribution in [0.3, 0.4) is 0 Å². The molecule has 0 bridgehead atoms. The molecular formula is C14H19N5O2S. The van der Waals surface area contributed by atoms with Gasteiger partial charge in [-0.1, -0.05) is 18.1 Å². The number of aromatic nitrogens is 4. The van der Waals surface area contributed by atoms with Crippen molar-refractivity contribution in [2.45, 2.75) is 38.6 Å². The van der Waals surface area contributed by atoms with Gasteiger partial charge in [-0.3, -0.25) is 4.79 Å². The lowest BCUT2D eigenvalue weighted by Crippen LogP contribution is -2.33. The Balaban J connectivity index is 1.82. The molecule has 2 heterocycles.